The van der Waals surface area contributed by atoms with E-state index in [2.05, 4.69) is 20.4 Å². The van der Waals surface area contributed by atoms with Crippen LogP contribution in [0.3, 0.4) is 0 Å². The maximum Gasteiger partial charge on any atom is 0.261 e. The van der Waals surface area contributed by atoms with Crippen LogP contribution in [0, 0.1) is 6.92 Å². The lowest BCUT2D eigenvalue weighted by Crippen LogP contribution is -2.14. The lowest BCUT2D eigenvalue weighted by Gasteiger charge is -2.06. The zero-order chi connectivity index (χ0) is 18.6. The average Bonchev–Trinajstić information content (AvgIpc) is 3.11. The van der Waals surface area contributed by atoms with Crippen LogP contribution in [-0.4, -0.2) is 21.0 Å². The molecule has 0 bridgehead atoms. The van der Waals surface area contributed by atoms with Crippen LogP contribution in [0.25, 0.3) is 22.6 Å². The van der Waals surface area contributed by atoms with E-state index in [4.69, 9.17) is 4.52 Å². The maximum atomic E-state index is 12.8. The molecule has 4 rings (SSSR count). The molecule has 0 radical (unpaired) electrons. The number of hydrogen-bond acceptors (Lipinski definition) is 5. The summed E-state index contributed by atoms with van der Waals surface area (Å²) in [5.74, 6) is 0.733. The van der Waals surface area contributed by atoms with Crippen molar-refractivity contribution in [2.75, 3.05) is 5.32 Å². The van der Waals surface area contributed by atoms with Crippen molar-refractivity contribution in [3.05, 3.63) is 84.4 Å². The molecule has 2 heterocycles. The van der Waals surface area contributed by atoms with E-state index in [0.29, 0.717) is 28.5 Å². The number of carbonyl (C=O) groups is 1. The Morgan fingerprint density at radius 1 is 0.889 bits per heavy atom. The van der Waals surface area contributed by atoms with Gasteiger partial charge < -0.3 is 9.84 Å². The van der Waals surface area contributed by atoms with Crippen molar-refractivity contribution in [2.45, 2.75) is 6.92 Å². The first kappa shape index (κ1) is 16.7. The highest BCUT2D eigenvalue weighted by Gasteiger charge is 2.21. The van der Waals surface area contributed by atoms with E-state index >= 15 is 0 Å². The fraction of sp³-hybridized carbons (Fsp3) is 0.0476. The molecule has 132 valence electrons. The lowest BCUT2D eigenvalue weighted by atomic mass is 10.1. The average molecular weight is 356 g/mol. The molecule has 0 atom stereocenters. The zero-order valence-corrected chi connectivity index (χ0v) is 14.6. The highest BCUT2D eigenvalue weighted by atomic mass is 16.5. The molecule has 6 nitrogen and oxygen atoms in total. The molecule has 0 unspecified atom stereocenters. The van der Waals surface area contributed by atoms with Crippen LogP contribution in [0.15, 0.2) is 77.6 Å². The van der Waals surface area contributed by atoms with Gasteiger partial charge in [0.15, 0.2) is 5.82 Å². The van der Waals surface area contributed by atoms with Crippen LogP contribution < -0.4 is 5.32 Å². The molecule has 0 saturated carbocycles. The number of nitrogens with zero attached hydrogens (tertiary/aromatic N) is 3. The van der Waals surface area contributed by atoms with Gasteiger partial charge in [0.25, 0.3) is 5.91 Å². The van der Waals surface area contributed by atoms with Crippen LogP contribution in [0.1, 0.15) is 16.1 Å². The quantitative estimate of drug-likeness (QED) is 0.587. The summed E-state index contributed by atoms with van der Waals surface area (Å²) >= 11 is 0. The van der Waals surface area contributed by atoms with Gasteiger partial charge in [0, 0.05) is 11.1 Å². The number of anilines is 1. The number of hydrogen-bond donors (Lipinski definition) is 1. The predicted molar refractivity (Wildman–Crippen MR) is 102 cm³/mol. The summed E-state index contributed by atoms with van der Waals surface area (Å²) in [6.07, 6.45) is 3.16. The zero-order valence-electron chi connectivity index (χ0n) is 14.6. The summed E-state index contributed by atoms with van der Waals surface area (Å²) in [6.45, 7) is 1.71. The minimum atomic E-state index is -0.316. The second-order valence-electron chi connectivity index (χ2n) is 5.94. The topological polar surface area (TPSA) is 80.9 Å². The van der Waals surface area contributed by atoms with Crippen LogP contribution in [-0.2, 0) is 0 Å². The summed E-state index contributed by atoms with van der Waals surface area (Å²) in [5.41, 5.74) is 3.13. The first-order chi connectivity index (χ1) is 13.2. The normalized spacial score (nSPS) is 10.6. The second-order valence-corrected chi connectivity index (χ2v) is 5.94. The molecule has 2 aromatic heterocycles. The third-order valence-electron chi connectivity index (χ3n) is 4.08. The van der Waals surface area contributed by atoms with Crippen LogP contribution in [0.5, 0.6) is 0 Å². The van der Waals surface area contributed by atoms with Gasteiger partial charge in [-0.05, 0) is 6.92 Å². The largest absolute Gasteiger partial charge is 0.360 e. The van der Waals surface area contributed by atoms with Gasteiger partial charge in [-0.3, -0.25) is 4.79 Å². The van der Waals surface area contributed by atoms with Crippen molar-refractivity contribution < 1.29 is 9.32 Å². The van der Waals surface area contributed by atoms with Gasteiger partial charge in [0.05, 0.1) is 18.1 Å². The van der Waals surface area contributed by atoms with Crippen molar-refractivity contribution >= 4 is 11.6 Å². The van der Waals surface area contributed by atoms with E-state index in [1.807, 2.05) is 60.7 Å². The Kier molecular flexibility index (Phi) is 4.45. The lowest BCUT2D eigenvalue weighted by molar-refractivity contribution is 0.102. The predicted octanol–water partition coefficient (Wildman–Crippen LogP) is 4.36. The molecule has 0 aliphatic rings. The van der Waals surface area contributed by atoms with E-state index in [9.17, 15) is 4.79 Å². The van der Waals surface area contributed by atoms with E-state index < -0.39 is 0 Å². The SMILES string of the molecule is Cc1onc(-c2ccccc2)c1C(=O)Nc1cnc(-c2ccccc2)nc1. The molecule has 0 aliphatic heterocycles. The minimum Gasteiger partial charge on any atom is -0.360 e. The molecule has 6 heteroatoms. The Labute approximate surface area is 155 Å². The number of benzene rings is 2. The molecule has 4 aromatic rings. The van der Waals surface area contributed by atoms with E-state index in [0.717, 1.165) is 11.1 Å². The molecule has 1 amide bonds. The van der Waals surface area contributed by atoms with Gasteiger partial charge in [0.1, 0.15) is 17.0 Å². The second kappa shape index (κ2) is 7.21. The molecule has 0 aliphatic carbocycles. The van der Waals surface area contributed by atoms with Crippen molar-refractivity contribution in [3.8, 4) is 22.6 Å². The minimum absolute atomic E-state index is 0.316. The molecule has 0 saturated heterocycles. The summed E-state index contributed by atoms with van der Waals surface area (Å²) in [6, 6.07) is 19.1. The molecule has 0 fully saturated rings. The van der Waals surface area contributed by atoms with Crippen molar-refractivity contribution in [3.63, 3.8) is 0 Å². The standard InChI is InChI=1S/C21H16N4O2/c1-14-18(19(25-27-14)15-8-4-2-5-9-15)21(26)24-17-12-22-20(23-13-17)16-10-6-3-7-11-16/h2-13H,1H3,(H,24,26). The number of rotatable bonds is 4. The fourth-order valence-corrected chi connectivity index (χ4v) is 2.76. The van der Waals surface area contributed by atoms with Crippen LogP contribution in [0.2, 0.25) is 0 Å². The number of carbonyl (C=O) groups excluding carboxylic acids is 1. The maximum absolute atomic E-state index is 12.8. The Morgan fingerprint density at radius 2 is 1.48 bits per heavy atom. The van der Waals surface area contributed by atoms with Gasteiger partial charge in [-0.2, -0.15) is 0 Å². The van der Waals surface area contributed by atoms with Gasteiger partial charge >= 0.3 is 0 Å². The number of aromatic nitrogens is 3. The van der Waals surface area contributed by atoms with E-state index in [1.54, 1.807) is 19.3 Å². The summed E-state index contributed by atoms with van der Waals surface area (Å²) < 4.78 is 5.24. The number of amides is 1. The molecule has 27 heavy (non-hydrogen) atoms. The third kappa shape index (κ3) is 3.46. The smallest absolute Gasteiger partial charge is 0.261 e. The third-order valence-corrected chi connectivity index (χ3v) is 4.08. The van der Waals surface area contributed by atoms with Crippen molar-refractivity contribution in [2.24, 2.45) is 0 Å². The number of nitrogens with one attached hydrogen (secondary N) is 1. The molecule has 1 N–H and O–H groups in total. The van der Waals surface area contributed by atoms with Crippen molar-refractivity contribution in [1.82, 2.24) is 15.1 Å². The van der Waals surface area contributed by atoms with Gasteiger partial charge in [-0.15, -0.1) is 0 Å². The van der Waals surface area contributed by atoms with Gasteiger partial charge in [-0.1, -0.05) is 65.8 Å². The highest BCUT2D eigenvalue weighted by Crippen LogP contribution is 2.26. The first-order valence-corrected chi connectivity index (χ1v) is 8.43. The van der Waals surface area contributed by atoms with E-state index in [-0.39, 0.29) is 5.91 Å². The Bertz CT molecular complexity index is 1060. The monoisotopic (exact) mass is 356 g/mol. The van der Waals surface area contributed by atoms with Crippen molar-refractivity contribution in [1.29, 1.82) is 0 Å². The first-order valence-electron chi connectivity index (χ1n) is 8.43. The van der Waals surface area contributed by atoms with Gasteiger partial charge in [-0.25, -0.2) is 9.97 Å². The summed E-state index contributed by atoms with van der Waals surface area (Å²) in [5, 5.41) is 6.85. The molecular formula is C21H16N4O2. The van der Waals surface area contributed by atoms with Crippen LogP contribution >= 0.6 is 0 Å². The van der Waals surface area contributed by atoms with E-state index in [1.165, 1.54) is 0 Å². The Morgan fingerprint density at radius 3 is 2.11 bits per heavy atom. The molecular weight excluding hydrogens is 340 g/mol. The van der Waals surface area contributed by atoms with Crippen LogP contribution in [0.4, 0.5) is 5.69 Å². The Hall–Kier alpha value is -3.80. The fourth-order valence-electron chi connectivity index (χ4n) is 2.76. The molecule has 0 spiro atoms. The van der Waals surface area contributed by atoms with Gasteiger partial charge in [0.2, 0.25) is 0 Å². The summed E-state index contributed by atoms with van der Waals surface area (Å²) in [7, 11) is 0. The summed E-state index contributed by atoms with van der Waals surface area (Å²) in [4.78, 5) is 21.4. The number of aryl methyl sites for hydroxylation is 1. The molecule has 2 aromatic carbocycles. The highest BCUT2D eigenvalue weighted by molar-refractivity contribution is 6.08. The Balaban J connectivity index is 1.58.